The molecule has 1 unspecified atom stereocenters. The van der Waals surface area contributed by atoms with Gasteiger partial charge in [-0.2, -0.15) is 0 Å². The lowest BCUT2D eigenvalue weighted by Crippen LogP contribution is -2.32. The van der Waals surface area contributed by atoms with Crippen molar-refractivity contribution in [2.75, 3.05) is 20.2 Å². The molecule has 0 aliphatic heterocycles. The smallest absolute Gasteiger partial charge is 0.307 e. The van der Waals surface area contributed by atoms with E-state index in [1.807, 2.05) is 6.92 Å². The average Bonchev–Trinajstić information content (AvgIpc) is 2.96. The number of hydrogen-bond acceptors (Lipinski definition) is 3. The summed E-state index contributed by atoms with van der Waals surface area (Å²) in [4.78, 5) is 13.4. The van der Waals surface area contributed by atoms with Gasteiger partial charge >= 0.3 is 5.97 Å². The molecular formula is C11H21NO2. The minimum absolute atomic E-state index is 0.0812. The van der Waals surface area contributed by atoms with Gasteiger partial charge in [-0.1, -0.05) is 0 Å². The van der Waals surface area contributed by atoms with E-state index < -0.39 is 0 Å². The molecule has 0 bridgehead atoms. The topological polar surface area (TPSA) is 29.5 Å². The number of carbonyl (C=O) groups is 1. The van der Waals surface area contributed by atoms with E-state index in [2.05, 4.69) is 18.9 Å². The van der Waals surface area contributed by atoms with Gasteiger partial charge in [0, 0.05) is 12.6 Å². The van der Waals surface area contributed by atoms with Crippen LogP contribution in [0.25, 0.3) is 0 Å². The van der Waals surface area contributed by atoms with Crippen LogP contribution in [-0.4, -0.2) is 37.1 Å². The predicted molar refractivity (Wildman–Crippen MR) is 56.1 cm³/mol. The number of esters is 1. The fraction of sp³-hybridized carbons (Fsp3) is 0.909. The summed E-state index contributed by atoms with van der Waals surface area (Å²) >= 11 is 0. The number of ether oxygens (including phenoxy) is 1. The van der Waals surface area contributed by atoms with Gasteiger partial charge in [0.1, 0.15) is 0 Å². The molecule has 1 aliphatic rings. The van der Waals surface area contributed by atoms with Crippen LogP contribution >= 0.6 is 0 Å². The summed E-state index contributed by atoms with van der Waals surface area (Å²) in [6.45, 7) is 5.38. The number of hydrogen-bond donors (Lipinski definition) is 0. The molecule has 0 aromatic heterocycles. The van der Waals surface area contributed by atoms with Gasteiger partial charge in [-0.05, 0) is 39.7 Å². The van der Waals surface area contributed by atoms with Crippen LogP contribution in [0.5, 0.6) is 0 Å². The lowest BCUT2D eigenvalue weighted by atomic mass is 10.2. The maximum atomic E-state index is 11.1. The first-order valence-electron chi connectivity index (χ1n) is 5.51. The van der Waals surface area contributed by atoms with Crippen molar-refractivity contribution in [3.05, 3.63) is 0 Å². The van der Waals surface area contributed by atoms with Crippen LogP contribution in [0.15, 0.2) is 0 Å². The average molecular weight is 199 g/mol. The fourth-order valence-electron chi connectivity index (χ4n) is 1.64. The number of nitrogens with zero attached hydrogens (tertiary/aromatic N) is 1. The highest BCUT2D eigenvalue weighted by molar-refractivity contribution is 5.69. The molecule has 0 aromatic rings. The normalized spacial score (nSPS) is 18.3. The molecule has 0 N–H and O–H groups in total. The molecular weight excluding hydrogens is 178 g/mol. The maximum absolute atomic E-state index is 11.1. The quantitative estimate of drug-likeness (QED) is 0.609. The third-order valence-corrected chi connectivity index (χ3v) is 2.97. The van der Waals surface area contributed by atoms with Crippen LogP contribution in [0.3, 0.4) is 0 Å². The molecule has 3 heteroatoms. The standard InChI is InChI=1S/C11H21NO2/c1-4-14-11(13)7-8-12(3)9(2)10-5-6-10/h9-10H,4-8H2,1-3H3. The predicted octanol–water partition coefficient (Wildman–Crippen LogP) is 1.67. The molecule has 0 heterocycles. The molecule has 1 aliphatic carbocycles. The fourth-order valence-corrected chi connectivity index (χ4v) is 1.64. The minimum atomic E-state index is -0.0812. The highest BCUT2D eigenvalue weighted by atomic mass is 16.5. The largest absolute Gasteiger partial charge is 0.466 e. The molecule has 1 fully saturated rings. The monoisotopic (exact) mass is 199 g/mol. The van der Waals surface area contributed by atoms with Crippen molar-refractivity contribution in [2.24, 2.45) is 5.92 Å². The van der Waals surface area contributed by atoms with Gasteiger partial charge in [0.05, 0.1) is 13.0 Å². The third kappa shape index (κ3) is 3.66. The zero-order chi connectivity index (χ0) is 10.6. The Balaban J connectivity index is 2.13. The van der Waals surface area contributed by atoms with Crippen LogP contribution < -0.4 is 0 Å². The van der Waals surface area contributed by atoms with E-state index in [9.17, 15) is 4.79 Å². The van der Waals surface area contributed by atoms with Gasteiger partial charge in [0.15, 0.2) is 0 Å². The van der Waals surface area contributed by atoms with Crippen molar-refractivity contribution in [1.29, 1.82) is 0 Å². The molecule has 0 aromatic carbocycles. The highest BCUT2D eigenvalue weighted by Gasteiger charge is 2.30. The summed E-state index contributed by atoms with van der Waals surface area (Å²) in [5.74, 6) is 0.782. The molecule has 0 amide bonds. The van der Waals surface area contributed by atoms with Crippen LogP contribution in [0, 0.1) is 5.92 Å². The van der Waals surface area contributed by atoms with Gasteiger partial charge in [0.2, 0.25) is 0 Å². The molecule has 14 heavy (non-hydrogen) atoms. The first-order valence-corrected chi connectivity index (χ1v) is 5.51. The van der Waals surface area contributed by atoms with E-state index in [0.29, 0.717) is 19.1 Å². The minimum Gasteiger partial charge on any atom is -0.466 e. The number of rotatable bonds is 6. The number of carbonyl (C=O) groups excluding carboxylic acids is 1. The summed E-state index contributed by atoms with van der Waals surface area (Å²) in [5, 5.41) is 0. The van der Waals surface area contributed by atoms with Gasteiger partial charge < -0.3 is 9.64 Å². The zero-order valence-electron chi connectivity index (χ0n) is 9.45. The Morgan fingerprint density at radius 1 is 1.57 bits per heavy atom. The van der Waals surface area contributed by atoms with E-state index in [0.717, 1.165) is 12.5 Å². The molecule has 1 saturated carbocycles. The Labute approximate surface area is 86.4 Å². The van der Waals surface area contributed by atoms with Gasteiger partial charge in [-0.3, -0.25) is 4.79 Å². The first kappa shape index (κ1) is 11.5. The second-order valence-electron chi connectivity index (χ2n) is 4.11. The Morgan fingerprint density at radius 2 is 2.21 bits per heavy atom. The molecule has 0 radical (unpaired) electrons. The van der Waals surface area contributed by atoms with Crippen molar-refractivity contribution < 1.29 is 9.53 Å². The molecule has 0 saturated heterocycles. The Kier molecular flexibility index (Phi) is 4.39. The van der Waals surface area contributed by atoms with Gasteiger partial charge in [-0.25, -0.2) is 0 Å². The van der Waals surface area contributed by atoms with Crippen molar-refractivity contribution >= 4 is 5.97 Å². The van der Waals surface area contributed by atoms with E-state index in [-0.39, 0.29) is 5.97 Å². The second-order valence-corrected chi connectivity index (χ2v) is 4.11. The third-order valence-electron chi connectivity index (χ3n) is 2.97. The van der Waals surface area contributed by atoms with Crippen molar-refractivity contribution in [2.45, 2.75) is 39.2 Å². The maximum Gasteiger partial charge on any atom is 0.307 e. The summed E-state index contributed by atoms with van der Waals surface area (Å²) in [7, 11) is 2.09. The lowest BCUT2D eigenvalue weighted by molar-refractivity contribution is -0.143. The lowest BCUT2D eigenvalue weighted by Gasteiger charge is -2.23. The summed E-state index contributed by atoms with van der Waals surface area (Å²) < 4.78 is 4.88. The van der Waals surface area contributed by atoms with Crippen LogP contribution in [0.1, 0.15) is 33.1 Å². The Morgan fingerprint density at radius 3 is 2.71 bits per heavy atom. The van der Waals surface area contributed by atoms with Crippen LogP contribution in [0.4, 0.5) is 0 Å². The highest BCUT2D eigenvalue weighted by Crippen LogP contribution is 2.34. The zero-order valence-corrected chi connectivity index (χ0v) is 9.45. The van der Waals surface area contributed by atoms with Crippen molar-refractivity contribution in [1.82, 2.24) is 4.90 Å². The molecule has 1 atom stereocenters. The molecule has 0 spiro atoms. The van der Waals surface area contributed by atoms with Crippen LogP contribution in [0.2, 0.25) is 0 Å². The second kappa shape index (κ2) is 5.35. The SMILES string of the molecule is CCOC(=O)CCN(C)C(C)C1CC1. The summed E-state index contributed by atoms with van der Waals surface area (Å²) in [6.07, 6.45) is 3.22. The Hall–Kier alpha value is -0.570. The summed E-state index contributed by atoms with van der Waals surface area (Å²) in [6, 6.07) is 0.615. The van der Waals surface area contributed by atoms with E-state index >= 15 is 0 Å². The Bertz CT molecular complexity index is 190. The van der Waals surface area contributed by atoms with Gasteiger partial charge in [0.25, 0.3) is 0 Å². The molecule has 1 rings (SSSR count). The van der Waals surface area contributed by atoms with E-state index in [4.69, 9.17) is 4.74 Å². The molecule has 82 valence electrons. The van der Waals surface area contributed by atoms with Crippen molar-refractivity contribution in [3.8, 4) is 0 Å². The summed E-state index contributed by atoms with van der Waals surface area (Å²) in [5.41, 5.74) is 0. The molecule has 3 nitrogen and oxygen atoms in total. The van der Waals surface area contributed by atoms with E-state index in [1.165, 1.54) is 12.8 Å². The van der Waals surface area contributed by atoms with Crippen molar-refractivity contribution in [3.63, 3.8) is 0 Å². The van der Waals surface area contributed by atoms with E-state index in [1.54, 1.807) is 0 Å². The van der Waals surface area contributed by atoms with Gasteiger partial charge in [-0.15, -0.1) is 0 Å². The first-order chi connectivity index (χ1) is 6.65. The van der Waals surface area contributed by atoms with Crippen LogP contribution in [-0.2, 0) is 9.53 Å².